The first-order chi connectivity index (χ1) is 9.61. The second-order valence-electron chi connectivity index (χ2n) is 4.09. The van der Waals surface area contributed by atoms with Crippen LogP contribution in [-0.4, -0.2) is 10.0 Å². The van der Waals surface area contributed by atoms with Gasteiger partial charge in [0.25, 0.3) is 0 Å². The number of phenols is 1. The fraction of sp³-hybridized carbons (Fsp3) is 0.0714. The first-order valence-electron chi connectivity index (χ1n) is 5.81. The second kappa shape index (κ2) is 5.71. The first kappa shape index (κ1) is 13.4. The van der Waals surface area contributed by atoms with Crippen molar-refractivity contribution >= 4 is 11.4 Å². The normalized spacial score (nSPS) is 9.75. The molecule has 0 amide bonds. The van der Waals surface area contributed by atoms with Gasteiger partial charge in [0, 0.05) is 6.54 Å². The summed E-state index contributed by atoms with van der Waals surface area (Å²) in [6.07, 6.45) is 0. The molecular weight excluding hydrogens is 258 g/mol. The van der Waals surface area contributed by atoms with Crippen LogP contribution in [0.25, 0.3) is 0 Å². The summed E-state index contributed by atoms with van der Waals surface area (Å²) in [5.74, 6) is 0.159. The van der Waals surface area contributed by atoms with E-state index in [4.69, 9.17) is 5.26 Å². The lowest BCUT2D eigenvalue weighted by Gasteiger charge is -2.08. The molecule has 0 bridgehead atoms. The SMILES string of the molecule is N#Cc1cccc(NCc2ccc(O)cc2)c1[N+](=O)[O-]. The molecule has 0 spiro atoms. The van der Waals surface area contributed by atoms with Gasteiger partial charge in [-0.2, -0.15) is 5.26 Å². The van der Waals surface area contributed by atoms with E-state index in [1.807, 2.05) is 6.07 Å². The molecule has 100 valence electrons. The van der Waals surface area contributed by atoms with Gasteiger partial charge in [-0.25, -0.2) is 0 Å². The van der Waals surface area contributed by atoms with E-state index >= 15 is 0 Å². The predicted octanol–water partition coefficient (Wildman–Crippen LogP) is 2.78. The summed E-state index contributed by atoms with van der Waals surface area (Å²) in [5, 5.41) is 32.0. The number of hydrogen-bond donors (Lipinski definition) is 2. The van der Waals surface area contributed by atoms with Gasteiger partial charge in [-0.3, -0.25) is 10.1 Å². The number of para-hydroxylation sites is 1. The van der Waals surface area contributed by atoms with Crippen LogP contribution in [0.5, 0.6) is 5.75 Å². The fourth-order valence-corrected chi connectivity index (χ4v) is 1.78. The molecule has 0 aromatic heterocycles. The number of nitriles is 1. The molecule has 0 atom stereocenters. The van der Waals surface area contributed by atoms with Crippen LogP contribution >= 0.6 is 0 Å². The van der Waals surface area contributed by atoms with Gasteiger partial charge in [-0.1, -0.05) is 18.2 Å². The topological polar surface area (TPSA) is 99.2 Å². The van der Waals surface area contributed by atoms with Crippen molar-refractivity contribution in [1.82, 2.24) is 0 Å². The van der Waals surface area contributed by atoms with Crippen molar-refractivity contribution in [2.75, 3.05) is 5.32 Å². The molecule has 6 nitrogen and oxygen atoms in total. The molecule has 2 aromatic rings. The van der Waals surface area contributed by atoms with E-state index in [9.17, 15) is 15.2 Å². The van der Waals surface area contributed by atoms with E-state index < -0.39 is 4.92 Å². The number of nitro groups is 1. The molecule has 20 heavy (non-hydrogen) atoms. The highest BCUT2D eigenvalue weighted by atomic mass is 16.6. The summed E-state index contributed by atoms with van der Waals surface area (Å²) >= 11 is 0. The van der Waals surface area contributed by atoms with Crippen molar-refractivity contribution in [3.05, 3.63) is 63.7 Å². The van der Waals surface area contributed by atoms with Gasteiger partial charge in [-0.05, 0) is 29.8 Å². The highest BCUT2D eigenvalue weighted by Crippen LogP contribution is 2.28. The molecule has 0 heterocycles. The fourth-order valence-electron chi connectivity index (χ4n) is 1.78. The number of rotatable bonds is 4. The largest absolute Gasteiger partial charge is 0.508 e. The van der Waals surface area contributed by atoms with E-state index in [1.165, 1.54) is 18.2 Å². The average Bonchev–Trinajstić information content (AvgIpc) is 2.46. The monoisotopic (exact) mass is 269 g/mol. The molecule has 0 fully saturated rings. The minimum atomic E-state index is -0.572. The average molecular weight is 269 g/mol. The minimum absolute atomic E-state index is 0.0192. The van der Waals surface area contributed by atoms with Gasteiger partial charge < -0.3 is 10.4 Å². The second-order valence-corrected chi connectivity index (χ2v) is 4.09. The van der Waals surface area contributed by atoms with Crippen LogP contribution in [0.15, 0.2) is 42.5 Å². The molecule has 0 saturated carbocycles. The van der Waals surface area contributed by atoms with Crippen LogP contribution in [-0.2, 0) is 6.54 Å². The first-order valence-corrected chi connectivity index (χ1v) is 5.81. The van der Waals surface area contributed by atoms with Crippen LogP contribution in [0.1, 0.15) is 11.1 Å². The summed E-state index contributed by atoms with van der Waals surface area (Å²) in [4.78, 5) is 10.5. The summed E-state index contributed by atoms with van der Waals surface area (Å²) in [5.41, 5.74) is 0.945. The summed E-state index contributed by atoms with van der Waals surface area (Å²) < 4.78 is 0. The Kier molecular flexibility index (Phi) is 3.82. The molecule has 2 N–H and O–H groups in total. The molecule has 0 aliphatic rings. The van der Waals surface area contributed by atoms with E-state index in [0.29, 0.717) is 12.2 Å². The van der Waals surface area contributed by atoms with Gasteiger partial charge in [0.1, 0.15) is 23.1 Å². The number of aromatic hydroxyl groups is 1. The van der Waals surface area contributed by atoms with Gasteiger partial charge in [0.2, 0.25) is 0 Å². The number of phenolic OH excluding ortho intramolecular Hbond substituents is 1. The summed E-state index contributed by atoms with van der Waals surface area (Å²) in [6, 6.07) is 12.9. The van der Waals surface area contributed by atoms with Crippen molar-refractivity contribution in [3.8, 4) is 11.8 Å². The van der Waals surface area contributed by atoms with Crippen molar-refractivity contribution in [2.24, 2.45) is 0 Å². The molecule has 0 aliphatic heterocycles. The Bertz CT molecular complexity index is 675. The van der Waals surface area contributed by atoms with Crippen molar-refractivity contribution in [1.29, 1.82) is 5.26 Å². The van der Waals surface area contributed by atoms with Crippen molar-refractivity contribution in [2.45, 2.75) is 6.54 Å². The number of nitrogens with one attached hydrogen (secondary N) is 1. The zero-order chi connectivity index (χ0) is 14.5. The Morgan fingerprint density at radius 3 is 2.55 bits per heavy atom. The number of hydrogen-bond acceptors (Lipinski definition) is 5. The quantitative estimate of drug-likeness (QED) is 0.656. The third-order valence-electron chi connectivity index (χ3n) is 2.76. The maximum Gasteiger partial charge on any atom is 0.309 e. The predicted molar refractivity (Wildman–Crippen MR) is 73.2 cm³/mol. The lowest BCUT2D eigenvalue weighted by molar-refractivity contribution is -0.384. The van der Waals surface area contributed by atoms with E-state index in [-0.39, 0.29) is 17.0 Å². The summed E-state index contributed by atoms with van der Waals surface area (Å²) in [7, 11) is 0. The highest BCUT2D eigenvalue weighted by molar-refractivity contribution is 5.68. The van der Waals surface area contributed by atoms with E-state index in [1.54, 1.807) is 24.3 Å². The van der Waals surface area contributed by atoms with Gasteiger partial charge in [0.05, 0.1) is 4.92 Å². The zero-order valence-corrected chi connectivity index (χ0v) is 10.4. The third kappa shape index (κ3) is 2.84. The molecule has 6 heteroatoms. The van der Waals surface area contributed by atoms with Crippen LogP contribution in [0, 0.1) is 21.4 Å². The molecule has 0 saturated heterocycles. The Morgan fingerprint density at radius 2 is 1.95 bits per heavy atom. The van der Waals surface area contributed by atoms with Crippen LogP contribution in [0.3, 0.4) is 0 Å². The Balaban J connectivity index is 2.23. The van der Waals surface area contributed by atoms with Gasteiger partial charge >= 0.3 is 5.69 Å². The summed E-state index contributed by atoms with van der Waals surface area (Å²) in [6.45, 7) is 0.357. The maximum atomic E-state index is 11.0. The minimum Gasteiger partial charge on any atom is -0.508 e. The number of nitro benzene ring substituents is 1. The number of nitrogens with zero attached hydrogens (tertiary/aromatic N) is 2. The van der Waals surface area contributed by atoms with E-state index in [2.05, 4.69) is 5.32 Å². The molecular formula is C14H11N3O3. The van der Waals surface area contributed by atoms with Gasteiger partial charge in [-0.15, -0.1) is 0 Å². The van der Waals surface area contributed by atoms with Crippen molar-refractivity contribution < 1.29 is 10.0 Å². The molecule has 2 aromatic carbocycles. The standard InChI is InChI=1S/C14H11N3O3/c15-8-11-2-1-3-13(14(11)17(19)20)16-9-10-4-6-12(18)7-5-10/h1-7,16,18H,9H2. The Morgan fingerprint density at radius 1 is 1.25 bits per heavy atom. The van der Waals surface area contributed by atoms with Crippen molar-refractivity contribution in [3.63, 3.8) is 0 Å². The van der Waals surface area contributed by atoms with Crippen LogP contribution in [0.4, 0.5) is 11.4 Å². The van der Waals surface area contributed by atoms with Gasteiger partial charge in [0.15, 0.2) is 0 Å². The van der Waals surface area contributed by atoms with Crippen LogP contribution < -0.4 is 5.32 Å². The molecule has 0 aliphatic carbocycles. The highest BCUT2D eigenvalue weighted by Gasteiger charge is 2.19. The Hall–Kier alpha value is -3.07. The molecule has 0 radical (unpaired) electrons. The maximum absolute atomic E-state index is 11.0. The zero-order valence-electron chi connectivity index (χ0n) is 10.4. The molecule has 2 rings (SSSR count). The van der Waals surface area contributed by atoms with E-state index in [0.717, 1.165) is 5.56 Å². The third-order valence-corrected chi connectivity index (χ3v) is 2.76. The van der Waals surface area contributed by atoms with Crippen LogP contribution in [0.2, 0.25) is 0 Å². The smallest absolute Gasteiger partial charge is 0.309 e. The Labute approximate surface area is 115 Å². The lowest BCUT2D eigenvalue weighted by Crippen LogP contribution is -2.03. The number of anilines is 1. The lowest BCUT2D eigenvalue weighted by atomic mass is 10.1. The number of benzene rings is 2. The molecule has 0 unspecified atom stereocenters.